The van der Waals surface area contributed by atoms with Gasteiger partial charge in [0.15, 0.2) is 0 Å². The van der Waals surface area contributed by atoms with Crippen LogP contribution in [0.4, 0.5) is 0 Å². The van der Waals surface area contributed by atoms with Crippen LogP contribution in [0.1, 0.15) is 0 Å². The fourth-order valence-corrected chi connectivity index (χ4v) is 0.344. The predicted octanol–water partition coefficient (Wildman–Crippen LogP) is -0.988. The molecule has 0 radical (unpaired) electrons. The standard InChI is InChI=1S/C4H2N2O8/c7-3(13-5(9)10)1-2-4(8)14-6(11)12/h1-2H/b2-1-. The first-order valence-corrected chi connectivity index (χ1v) is 2.82. The van der Waals surface area contributed by atoms with Crippen LogP contribution >= 0.6 is 0 Å². The van der Waals surface area contributed by atoms with Gasteiger partial charge in [-0.05, 0) is 0 Å². The van der Waals surface area contributed by atoms with E-state index >= 15 is 0 Å². The number of carbonyl (C=O) groups excluding carboxylic acids is 2. The third kappa shape index (κ3) is 6.21. The molecule has 0 fully saturated rings. The Balaban J connectivity index is 4.04. The summed E-state index contributed by atoms with van der Waals surface area (Å²) in [6.45, 7) is 0. The number of nitrogens with zero attached hydrogens (tertiary/aromatic N) is 2. The largest absolute Gasteiger partial charge is 0.327 e. The molecule has 0 atom stereocenters. The van der Waals surface area contributed by atoms with Crippen LogP contribution in [0.2, 0.25) is 0 Å². The van der Waals surface area contributed by atoms with Gasteiger partial charge >= 0.3 is 22.1 Å². The Morgan fingerprint density at radius 3 is 1.43 bits per heavy atom. The molecular formula is C4H2N2O8. The Morgan fingerprint density at radius 2 is 1.21 bits per heavy atom. The molecule has 76 valence electrons. The van der Waals surface area contributed by atoms with Crippen LogP contribution in [-0.2, 0) is 19.3 Å². The van der Waals surface area contributed by atoms with Crippen LogP contribution in [0.25, 0.3) is 0 Å². The van der Waals surface area contributed by atoms with E-state index in [0.717, 1.165) is 0 Å². The van der Waals surface area contributed by atoms with Crippen LogP contribution < -0.4 is 0 Å². The SMILES string of the molecule is O=C(/C=C\C(=O)O[N+](=O)[O-])O[N+](=O)[O-]. The van der Waals surface area contributed by atoms with Crippen LogP contribution in [0.3, 0.4) is 0 Å². The highest BCUT2D eigenvalue weighted by atomic mass is 17.0. The molecule has 0 unspecified atom stereocenters. The molecule has 10 heteroatoms. The van der Waals surface area contributed by atoms with Gasteiger partial charge in [0.1, 0.15) is 0 Å². The van der Waals surface area contributed by atoms with Crippen molar-refractivity contribution in [1.29, 1.82) is 0 Å². The zero-order chi connectivity index (χ0) is 11.1. The minimum atomic E-state index is -1.46. The lowest BCUT2D eigenvalue weighted by atomic mass is 10.5. The summed E-state index contributed by atoms with van der Waals surface area (Å²) in [6, 6.07) is 0. The van der Waals surface area contributed by atoms with Crippen molar-refractivity contribution in [2.45, 2.75) is 0 Å². The molecule has 10 nitrogen and oxygen atoms in total. The number of carbonyl (C=O) groups is 2. The number of hydrogen-bond acceptors (Lipinski definition) is 8. The average molecular weight is 206 g/mol. The summed E-state index contributed by atoms with van der Waals surface area (Å²) < 4.78 is 0. The van der Waals surface area contributed by atoms with Crippen LogP contribution in [0.15, 0.2) is 12.2 Å². The smallest absolute Gasteiger partial charge is 0.263 e. The fraction of sp³-hybridized carbons (Fsp3) is 0. The van der Waals surface area contributed by atoms with Gasteiger partial charge in [0.25, 0.3) is 0 Å². The van der Waals surface area contributed by atoms with Gasteiger partial charge in [0.2, 0.25) is 0 Å². The summed E-state index contributed by atoms with van der Waals surface area (Å²) in [4.78, 5) is 46.4. The van der Waals surface area contributed by atoms with E-state index in [4.69, 9.17) is 0 Å². The summed E-state index contributed by atoms with van der Waals surface area (Å²) in [5.74, 6) is -2.93. The van der Waals surface area contributed by atoms with Gasteiger partial charge in [-0.25, -0.2) is 9.68 Å². The Kier molecular flexibility index (Phi) is 4.25. The highest BCUT2D eigenvalue weighted by molar-refractivity contribution is 5.91. The van der Waals surface area contributed by atoms with Gasteiger partial charge in [-0.15, -0.1) is 20.2 Å². The summed E-state index contributed by atoms with van der Waals surface area (Å²) in [6.07, 6.45) is 0.628. The first kappa shape index (κ1) is 11.5. The molecule has 14 heavy (non-hydrogen) atoms. The van der Waals surface area contributed by atoms with E-state index in [-0.39, 0.29) is 0 Å². The van der Waals surface area contributed by atoms with Gasteiger partial charge in [0, 0.05) is 12.2 Å². The normalized spacial score (nSPS) is 9.43. The van der Waals surface area contributed by atoms with Crippen molar-refractivity contribution in [3.05, 3.63) is 32.4 Å². The van der Waals surface area contributed by atoms with E-state index in [1.165, 1.54) is 0 Å². The van der Waals surface area contributed by atoms with Crippen molar-refractivity contribution >= 4 is 11.9 Å². The van der Waals surface area contributed by atoms with E-state index in [9.17, 15) is 29.8 Å². The highest BCUT2D eigenvalue weighted by Crippen LogP contribution is 1.85. The molecule has 0 heterocycles. The minimum absolute atomic E-state index is 0.314. The van der Waals surface area contributed by atoms with E-state index in [1.807, 2.05) is 0 Å². The third-order valence-corrected chi connectivity index (χ3v) is 0.685. The van der Waals surface area contributed by atoms with Gasteiger partial charge in [-0.2, -0.15) is 0 Å². The molecule has 0 rings (SSSR count). The van der Waals surface area contributed by atoms with Crippen LogP contribution in [0, 0.1) is 20.2 Å². The Hall–Kier alpha value is -2.52. The Labute approximate surface area is 74.9 Å². The molecule has 0 saturated carbocycles. The van der Waals surface area contributed by atoms with E-state index < -0.39 is 22.1 Å². The maximum absolute atomic E-state index is 10.3. The third-order valence-electron chi connectivity index (χ3n) is 0.685. The predicted molar refractivity (Wildman–Crippen MR) is 35.3 cm³/mol. The van der Waals surface area contributed by atoms with Crippen molar-refractivity contribution < 1.29 is 29.4 Å². The summed E-state index contributed by atoms with van der Waals surface area (Å²) in [5.41, 5.74) is 0. The van der Waals surface area contributed by atoms with Gasteiger partial charge < -0.3 is 0 Å². The number of rotatable bonds is 4. The van der Waals surface area contributed by atoms with Crippen molar-refractivity contribution in [3.63, 3.8) is 0 Å². The van der Waals surface area contributed by atoms with E-state index in [2.05, 4.69) is 9.68 Å². The Bertz CT molecular complexity index is 276. The van der Waals surface area contributed by atoms with Crippen molar-refractivity contribution in [3.8, 4) is 0 Å². The molecule has 0 N–H and O–H groups in total. The second-order valence-corrected chi connectivity index (χ2v) is 1.60. The molecule has 0 aromatic heterocycles. The lowest BCUT2D eigenvalue weighted by Gasteiger charge is -1.89. The quantitative estimate of drug-likeness (QED) is 0.324. The fourth-order valence-electron chi connectivity index (χ4n) is 0.344. The van der Waals surface area contributed by atoms with E-state index in [1.54, 1.807) is 0 Å². The molecule has 0 amide bonds. The lowest BCUT2D eigenvalue weighted by molar-refractivity contribution is -0.729. The first-order valence-electron chi connectivity index (χ1n) is 2.82. The summed E-state index contributed by atoms with van der Waals surface area (Å²) in [5, 5.41) is 16.3. The average Bonchev–Trinajstić information content (AvgIpc) is 1.98. The summed E-state index contributed by atoms with van der Waals surface area (Å²) in [7, 11) is 0. The monoisotopic (exact) mass is 206 g/mol. The van der Waals surface area contributed by atoms with Crippen molar-refractivity contribution in [1.82, 2.24) is 0 Å². The molecule has 0 spiro atoms. The van der Waals surface area contributed by atoms with Crippen LogP contribution in [0.5, 0.6) is 0 Å². The highest BCUT2D eigenvalue weighted by Gasteiger charge is 2.06. The second-order valence-electron chi connectivity index (χ2n) is 1.60. The van der Waals surface area contributed by atoms with Crippen molar-refractivity contribution in [2.24, 2.45) is 0 Å². The second kappa shape index (κ2) is 5.18. The first-order chi connectivity index (χ1) is 6.41. The maximum atomic E-state index is 10.3. The zero-order valence-corrected chi connectivity index (χ0v) is 6.32. The van der Waals surface area contributed by atoms with Gasteiger partial charge in [0.05, 0.1) is 0 Å². The molecule has 0 bridgehead atoms. The van der Waals surface area contributed by atoms with Gasteiger partial charge in [-0.3, -0.25) is 9.59 Å². The molecule has 0 aromatic carbocycles. The minimum Gasteiger partial charge on any atom is -0.263 e. The van der Waals surface area contributed by atoms with Crippen LogP contribution in [-0.4, -0.2) is 22.1 Å². The molecule has 0 saturated heterocycles. The van der Waals surface area contributed by atoms with Gasteiger partial charge in [-0.1, -0.05) is 0 Å². The van der Waals surface area contributed by atoms with E-state index in [0.29, 0.717) is 12.2 Å². The summed E-state index contributed by atoms with van der Waals surface area (Å²) >= 11 is 0. The molecule has 0 aliphatic heterocycles. The molecule has 0 aliphatic carbocycles. The van der Waals surface area contributed by atoms with Crippen molar-refractivity contribution in [2.75, 3.05) is 0 Å². The lowest BCUT2D eigenvalue weighted by Crippen LogP contribution is -2.10. The topological polar surface area (TPSA) is 139 Å². The maximum Gasteiger partial charge on any atom is 0.327 e. The molecule has 0 aliphatic rings. The zero-order valence-electron chi connectivity index (χ0n) is 6.32. The Morgan fingerprint density at radius 1 is 0.929 bits per heavy atom. The number of hydrogen-bond donors (Lipinski definition) is 0. The molecular weight excluding hydrogens is 204 g/mol. The molecule has 0 aromatic rings.